The monoisotopic (exact) mass is 572 g/mol. The zero-order chi connectivity index (χ0) is 29.2. The molecule has 2 atom stereocenters. The van der Waals surface area contributed by atoms with Crippen LogP contribution in [0, 0.1) is 17.8 Å². The molecule has 0 bridgehead atoms. The van der Waals surface area contributed by atoms with Gasteiger partial charge in [0, 0.05) is 70.5 Å². The number of carbonyl (C=O) groups excluding carboxylic acids is 2. The number of urea groups is 1. The molecule has 230 valence electrons. The fourth-order valence-electron chi connectivity index (χ4n) is 6.23. The van der Waals surface area contributed by atoms with Crippen LogP contribution in [-0.4, -0.2) is 94.0 Å². The first kappa shape index (κ1) is 31.4. The zero-order valence-corrected chi connectivity index (χ0v) is 25.7. The molecule has 1 aliphatic heterocycles. The van der Waals surface area contributed by atoms with Crippen molar-refractivity contribution >= 4 is 11.9 Å². The predicted molar refractivity (Wildman–Crippen MR) is 161 cm³/mol. The van der Waals surface area contributed by atoms with Gasteiger partial charge in [-0.2, -0.15) is 0 Å². The number of nitrogens with zero attached hydrogens (tertiary/aromatic N) is 2. The molecule has 1 heterocycles. The minimum Gasteiger partial charge on any atom is -0.493 e. The second-order valence-corrected chi connectivity index (χ2v) is 12.4. The van der Waals surface area contributed by atoms with Gasteiger partial charge in [0.2, 0.25) is 0 Å². The van der Waals surface area contributed by atoms with Gasteiger partial charge < -0.3 is 34.6 Å². The van der Waals surface area contributed by atoms with Crippen LogP contribution in [0.2, 0.25) is 0 Å². The number of rotatable bonds is 15. The number of hydrogen-bond acceptors (Lipinski definition) is 6. The minimum atomic E-state index is -0.0145. The maximum absolute atomic E-state index is 13.8. The van der Waals surface area contributed by atoms with Crippen molar-refractivity contribution < 1.29 is 23.8 Å². The molecular weight excluding hydrogens is 520 g/mol. The summed E-state index contributed by atoms with van der Waals surface area (Å²) in [7, 11) is 3.27. The molecule has 0 aromatic heterocycles. The van der Waals surface area contributed by atoms with Gasteiger partial charge in [0.05, 0.1) is 13.7 Å². The van der Waals surface area contributed by atoms with Gasteiger partial charge in [-0.15, -0.1) is 0 Å². The van der Waals surface area contributed by atoms with Crippen LogP contribution >= 0.6 is 0 Å². The molecule has 9 heteroatoms. The van der Waals surface area contributed by atoms with Crippen molar-refractivity contribution in [3.8, 4) is 11.5 Å². The quantitative estimate of drug-likeness (QED) is 0.300. The van der Waals surface area contributed by atoms with E-state index < -0.39 is 0 Å². The highest BCUT2D eigenvalue weighted by atomic mass is 16.5. The van der Waals surface area contributed by atoms with Gasteiger partial charge in [-0.3, -0.25) is 4.79 Å². The van der Waals surface area contributed by atoms with E-state index in [2.05, 4.69) is 29.4 Å². The van der Waals surface area contributed by atoms with Gasteiger partial charge in [-0.05, 0) is 75.5 Å². The summed E-state index contributed by atoms with van der Waals surface area (Å²) in [6, 6.07) is 5.89. The first-order valence-electron chi connectivity index (χ1n) is 15.8. The normalized spacial score (nSPS) is 21.1. The molecule has 9 nitrogen and oxygen atoms in total. The molecule has 0 spiro atoms. The van der Waals surface area contributed by atoms with Crippen molar-refractivity contribution in [1.82, 2.24) is 20.4 Å². The Morgan fingerprint density at radius 2 is 1.71 bits per heavy atom. The summed E-state index contributed by atoms with van der Waals surface area (Å²) >= 11 is 0. The van der Waals surface area contributed by atoms with Gasteiger partial charge in [0.25, 0.3) is 5.91 Å². The number of benzene rings is 1. The molecule has 3 fully saturated rings. The van der Waals surface area contributed by atoms with E-state index >= 15 is 0 Å². The third-order valence-electron chi connectivity index (χ3n) is 8.90. The van der Waals surface area contributed by atoms with E-state index in [1.54, 1.807) is 26.4 Å². The predicted octanol–water partition coefficient (Wildman–Crippen LogP) is 4.55. The average molecular weight is 573 g/mol. The van der Waals surface area contributed by atoms with Crippen LogP contribution in [-0.2, 0) is 4.74 Å². The molecule has 2 N–H and O–H groups in total. The number of amides is 3. The highest BCUT2D eigenvalue weighted by Crippen LogP contribution is 2.32. The molecule has 41 heavy (non-hydrogen) atoms. The second-order valence-electron chi connectivity index (χ2n) is 12.4. The topological polar surface area (TPSA) is 92.4 Å². The second kappa shape index (κ2) is 15.6. The summed E-state index contributed by atoms with van der Waals surface area (Å²) in [4.78, 5) is 31.1. The first-order chi connectivity index (χ1) is 19.9. The van der Waals surface area contributed by atoms with Crippen molar-refractivity contribution in [1.29, 1.82) is 0 Å². The zero-order valence-electron chi connectivity index (χ0n) is 25.7. The Morgan fingerprint density at radius 3 is 2.37 bits per heavy atom. The van der Waals surface area contributed by atoms with Crippen LogP contribution in [0.25, 0.3) is 0 Å². The molecule has 4 rings (SSSR count). The fourth-order valence-corrected chi connectivity index (χ4v) is 6.23. The average Bonchev–Trinajstić information content (AvgIpc) is 3.74. The molecule has 1 aromatic carbocycles. The molecule has 1 aromatic rings. The van der Waals surface area contributed by atoms with Gasteiger partial charge in [0.15, 0.2) is 11.5 Å². The molecule has 1 saturated heterocycles. The lowest BCUT2D eigenvalue weighted by molar-refractivity contribution is 0.0652. The largest absolute Gasteiger partial charge is 0.493 e. The Kier molecular flexibility index (Phi) is 12.0. The SMILES string of the molecule is COCCCOc1cc(C(=O)N(CC2CNCC2CN(C(=O)NCC2CCCCC2)C2CC2)C(C)C)ccc1OC. The molecule has 2 aliphatic carbocycles. The van der Waals surface area contributed by atoms with Crippen LogP contribution in [0.1, 0.15) is 75.6 Å². The van der Waals surface area contributed by atoms with Crippen molar-refractivity contribution in [2.75, 3.05) is 60.2 Å². The van der Waals surface area contributed by atoms with Crippen LogP contribution in [0.3, 0.4) is 0 Å². The molecule has 3 amide bonds. The first-order valence-corrected chi connectivity index (χ1v) is 15.8. The van der Waals surface area contributed by atoms with Crippen LogP contribution in [0.5, 0.6) is 11.5 Å². The van der Waals surface area contributed by atoms with Gasteiger partial charge >= 0.3 is 6.03 Å². The summed E-state index contributed by atoms with van der Waals surface area (Å²) in [6.07, 6.45) is 9.28. The Labute approximate surface area is 246 Å². The lowest BCUT2D eigenvalue weighted by atomic mass is 9.89. The van der Waals surface area contributed by atoms with E-state index in [9.17, 15) is 9.59 Å². The lowest BCUT2D eigenvalue weighted by Crippen LogP contribution is -2.48. The molecule has 2 saturated carbocycles. The summed E-state index contributed by atoms with van der Waals surface area (Å²) in [5.74, 6) is 2.36. The molecule has 3 aliphatic rings. The van der Waals surface area contributed by atoms with E-state index in [-0.39, 0.29) is 23.9 Å². The Balaban J connectivity index is 1.38. The summed E-state index contributed by atoms with van der Waals surface area (Å²) in [6.45, 7) is 9.12. The van der Waals surface area contributed by atoms with Crippen LogP contribution < -0.4 is 20.1 Å². The van der Waals surface area contributed by atoms with E-state index in [0.717, 1.165) is 45.4 Å². The lowest BCUT2D eigenvalue weighted by Gasteiger charge is -2.34. The van der Waals surface area contributed by atoms with Gasteiger partial charge in [-0.25, -0.2) is 4.79 Å². The standard InChI is InChI=1S/C32H52N4O5/c1-23(2)35(31(37)25-11-14-29(40-4)30(17-25)41-16-8-15-39-3)21-26-19-33-20-27(26)22-36(28-12-13-28)32(38)34-18-24-9-6-5-7-10-24/h11,14,17,23-24,26-28,33H,5-10,12-13,15-16,18-22H2,1-4H3,(H,34,38). The van der Waals surface area contributed by atoms with Crippen molar-refractivity contribution in [2.24, 2.45) is 17.8 Å². The van der Waals surface area contributed by atoms with E-state index in [1.807, 2.05) is 11.0 Å². The smallest absolute Gasteiger partial charge is 0.317 e. The fraction of sp³-hybridized carbons (Fsp3) is 0.750. The summed E-state index contributed by atoms with van der Waals surface area (Å²) < 4.78 is 16.5. The third kappa shape index (κ3) is 8.98. The number of carbonyl (C=O) groups is 2. The maximum atomic E-state index is 13.8. The maximum Gasteiger partial charge on any atom is 0.317 e. The van der Waals surface area contributed by atoms with Crippen molar-refractivity contribution in [3.63, 3.8) is 0 Å². The summed E-state index contributed by atoms with van der Waals surface area (Å²) in [5, 5.41) is 6.82. The molecule has 2 unspecified atom stereocenters. The Hall–Kier alpha value is -2.52. The van der Waals surface area contributed by atoms with E-state index in [4.69, 9.17) is 14.2 Å². The molecular formula is C32H52N4O5. The molecule has 0 radical (unpaired) electrons. The highest BCUT2D eigenvalue weighted by molar-refractivity contribution is 5.95. The number of ether oxygens (including phenoxy) is 3. The number of methoxy groups -OCH3 is 2. The summed E-state index contributed by atoms with van der Waals surface area (Å²) in [5.41, 5.74) is 0.588. The van der Waals surface area contributed by atoms with Crippen LogP contribution in [0.15, 0.2) is 18.2 Å². The van der Waals surface area contributed by atoms with E-state index in [1.165, 1.54) is 32.1 Å². The minimum absolute atomic E-state index is 0.0145. The Bertz CT molecular complexity index is 979. The van der Waals surface area contributed by atoms with E-state index in [0.29, 0.717) is 54.7 Å². The third-order valence-corrected chi connectivity index (χ3v) is 8.90. The van der Waals surface area contributed by atoms with Gasteiger partial charge in [-0.1, -0.05) is 19.3 Å². The Morgan fingerprint density at radius 1 is 0.976 bits per heavy atom. The number of nitrogens with one attached hydrogen (secondary N) is 2. The van der Waals surface area contributed by atoms with Crippen molar-refractivity contribution in [2.45, 2.75) is 77.3 Å². The van der Waals surface area contributed by atoms with Gasteiger partial charge in [0.1, 0.15) is 0 Å². The number of hydrogen-bond donors (Lipinski definition) is 2. The van der Waals surface area contributed by atoms with Crippen molar-refractivity contribution in [3.05, 3.63) is 23.8 Å². The van der Waals surface area contributed by atoms with Crippen LogP contribution in [0.4, 0.5) is 4.79 Å². The highest BCUT2D eigenvalue weighted by Gasteiger charge is 2.38.